The van der Waals surface area contributed by atoms with Crippen LogP contribution in [0, 0.1) is 19.8 Å². The molecule has 0 amide bonds. The molecule has 51 heavy (non-hydrogen) atoms. The maximum atomic E-state index is 13.6. The average Bonchev–Trinajstić information content (AvgIpc) is 3.36. The van der Waals surface area contributed by atoms with Crippen LogP contribution in [-0.2, 0) is 15.1 Å². The SMILES string of the molecule is Cc1cc(Oc2ccc3c(c2)Oc2cc4c(cc2C32OC(=O)c3ccccc32)C(C)CC(C)(C)N4CCCC(=O)CCCC(C)C)cc(C)c1O. The van der Waals surface area contributed by atoms with E-state index in [0.717, 1.165) is 65.7 Å². The third-order valence-electron chi connectivity index (χ3n) is 11.0. The summed E-state index contributed by atoms with van der Waals surface area (Å²) in [6, 6.07) is 21.2. The van der Waals surface area contributed by atoms with Crippen LogP contribution in [0.25, 0.3) is 0 Å². The zero-order valence-electron chi connectivity index (χ0n) is 30.9. The van der Waals surface area contributed by atoms with Gasteiger partial charge in [0.1, 0.15) is 34.5 Å². The highest BCUT2D eigenvalue weighted by Gasteiger charge is 2.54. The molecule has 0 bridgehead atoms. The van der Waals surface area contributed by atoms with Gasteiger partial charge in [-0.1, -0.05) is 45.4 Å². The van der Waals surface area contributed by atoms with E-state index < -0.39 is 5.60 Å². The summed E-state index contributed by atoms with van der Waals surface area (Å²) in [5.74, 6) is 3.39. The van der Waals surface area contributed by atoms with Crippen LogP contribution in [0.3, 0.4) is 0 Å². The van der Waals surface area contributed by atoms with Gasteiger partial charge in [0.15, 0.2) is 5.60 Å². The fourth-order valence-corrected chi connectivity index (χ4v) is 8.49. The number of benzene rings is 4. The number of phenolic OH excluding ortho intramolecular Hbond substituents is 1. The monoisotopic (exact) mass is 687 g/mol. The highest BCUT2D eigenvalue weighted by atomic mass is 16.6. The van der Waals surface area contributed by atoms with Crippen LogP contribution in [0.4, 0.5) is 5.69 Å². The van der Waals surface area contributed by atoms with Crippen molar-refractivity contribution in [3.05, 3.63) is 106 Å². The molecule has 0 aromatic heterocycles. The van der Waals surface area contributed by atoms with E-state index in [9.17, 15) is 14.7 Å². The van der Waals surface area contributed by atoms with Crippen molar-refractivity contribution in [1.82, 2.24) is 0 Å². The number of fused-ring (bicyclic) bond motifs is 7. The molecule has 7 rings (SSSR count). The molecule has 0 saturated heterocycles. The highest BCUT2D eigenvalue weighted by molar-refractivity contribution is 5.97. The number of rotatable bonds is 10. The summed E-state index contributed by atoms with van der Waals surface area (Å²) < 4.78 is 19.6. The predicted molar refractivity (Wildman–Crippen MR) is 200 cm³/mol. The Hall–Kier alpha value is -4.78. The first-order chi connectivity index (χ1) is 24.3. The molecule has 3 aliphatic heterocycles. The number of phenols is 1. The number of Topliss-reactive ketones (excluding diaryl/α,β-unsaturated/α-hetero) is 1. The first-order valence-corrected chi connectivity index (χ1v) is 18.4. The smallest absolute Gasteiger partial charge is 0.340 e. The number of hydrogen-bond acceptors (Lipinski definition) is 7. The minimum atomic E-state index is -1.20. The first kappa shape index (κ1) is 34.7. The minimum absolute atomic E-state index is 0.139. The van der Waals surface area contributed by atoms with E-state index in [1.54, 1.807) is 12.1 Å². The maximum absolute atomic E-state index is 13.6. The van der Waals surface area contributed by atoms with Crippen LogP contribution in [-0.4, -0.2) is 28.9 Å². The number of carbonyl (C=O) groups is 2. The second-order valence-electron chi connectivity index (χ2n) is 15.8. The lowest BCUT2D eigenvalue weighted by Gasteiger charge is -2.48. The summed E-state index contributed by atoms with van der Waals surface area (Å²) >= 11 is 0. The molecule has 4 aromatic rings. The molecule has 0 saturated carbocycles. The number of ketones is 1. The molecule has 0 radical (unpaired) electrons. The number of anilines is 1. The van der Waals surface area contributed by atoms with Crippen molar-refractivity contribution in [2.75, 3.05) is 11.4 Å². The largest absolute Gasteiger partial charge is 0.507 e. The van der Waals surface area contributed by atoms with E-state index in [1.807, 2.05) is 56.3 Å². The molecule has 1 N–H and O–H groups in total. The van der Waals surface area contributed by atoms with Gasteiger partial charge in [-0.15, -0.1) is 0 Å². The number of esters is 1. The summed E-state index contributed by atoms with van der Waals surface area (Å²) in [6.07, 6.45) is 4.98. The molecular formula is C44H49NO6. The van der Waals surface area contributed by atoms with Crippen molar-refractivity contribution >= 4 is 17.4 Å². The van der Waals surface area contributed by atoms with E-state index in [0.29, 0.717) is 53.1 Å². The average molecular weight is 688 g/mol. The van der Waals surface area contributed by atoms with E-state index in [1.165, 1.54) is 5.56 Å². The molecule has 1 spiro atoms. The van der Waals surface area contributed by atoms with Gasteiger partial charge in [0.25, 0.3) is 0 Å². The topological polar surface area (TPSA) is 85.3 Å². The summed E-state index contributed by atoms with van der Waals surface area (Å²) in [6.45, 7) is 15.7. The van der Waals surface area contributed by atoms with Crippen LogP contribution >= 0.6 is 0 Å². The van der Waals surface area contributed by atoms with Gasteiger partial charge in [0.2, 0.25) is 0 Å². The van der Waals surface area contributed by atoms with Gasteiger partial charge in [-0.05, 0) is 112 Å². The third-order valence-corrected chi connectivity index (χ3v) is 11.0. The van der Waals surface area contributed by atoms with Crippen molar-refractivity contribution in [3.8, 4) is 28.7 Å². The van der Waals surface area contributed by atoms with Crippen molar-refractivity contribution in [3.63, 3.8) is 0 Å². The highest BCUT2D eigenvalue weighted by Crippen LogP contribution is 2.59. The Bertz CT molecular complexity index is 2010. The Labute approximate surface area is 301 Å². The number of aromatic hydroxyl groups is 1. The fraction of sp³-hybridized carbons (Fsp3) is 0.409. The minimum Gasteiger partial charge on any atom is -0.507 e. The van der Waals surface area contributed by atoms with E-state index in [2.05, 4.69) is 51.7 Å². The maximum Gasteiger partial charge on any atom is 0.340 e. The van der Waals surface area contributed by atoms with E-state index in [-0.39, 0.29) is 23.2 Å². The predicted octanol–water partition coefficient (Wildman–Crippen LogP) is 10.6. The molecule has 7 nitrogen and oxygen atoms in total. The molecule has 4 aromatic carbocycles. The lowest BCUT2D eigenvalue weighted by molar-refractivity contribution is -0.119. The zero-order chi connectivity index (χ0) is 36.2. The van der Waals surface area contributed by atoms with Gasteiger partial charge in [0, 0.05) is 59.4 Å². The van der Waals surface area contributed by atoms with Gasteiger partial charge in [-0.25, -0.2) is 4.79 Å². The Morgan fingerprint density at radius 1 is 0.922 bits per heavy atom. The Balaban J connectivity index is 1.29. The molecule has 3 heterocycles. The second kappa shape index (κ2) is 13.1. The van der Waals surface area contributed by atoms with Crippen LogP contribution in [0.15, 0.2) is 66.7 Å². The van der Waals surface area contributed by atoms with Crippen molar-refractivity contribution in [2.24, 2.45) is 5.92 Å². The number of aryl methyl sites for hydroxylation is 2. The number of hydrogen-bond donors (Lipinski definition) is 1. The molecule has 0 fully saturated rings. The third kappa shape index (κ3) is 6.15. The lowest BCUT2D eigenvalue weighted by atomic mass is 9.74. The molecule has 0 aliphatic carbocycles. The second-order valence-corrected chi connectivity index (χ2v) is 15.8. The number of nitrogens with zero attached hydrogens (tertiary/aromatic N) is 1. The van der Waals surface area contributed by atoms with Gasteiger partial charge < -0.3 is 24.2 Å². The normalized spacial score (nSPS) is 19.6. The fourth-order valence-electron chi connectivity index (χ4n) is 8.49. The standard InChI is InChI=1S/C44H49NO6/c1-26(2)12-10-13-30(46)14-11-19-45-38-24-40-37(23-34(38)29(5)25-43(45,6)7)44(35-16-9-8-15-33(35)42(48)51-44)36-18-17-31(22-39(36)50-40)49-32-20-27(3)41(47)28(4)21-32/h8-9,15-18,20-24,26,29,47H,10-14,19,25H2,1-7H3. The quantitative estimate of drug-likeness (QED) is 0.166. The van der Waals surface area contributed by atoms with Crippen molar-refractivity contribution < 1.29 is 28.9 Å². The molecule has 2 unspecified atom stereocenters. The Morgan fingerprint density at radius 2 is 1.63 bits per heavy atom. The summed E-state index contributed by atoms with van der Waals surface area (Å²) in [4.78, 5) is 28.8. The van der Waals surface area contributed by atoms with Gasteiger partial charge in [-0.2, -0.15) is 0 Å². The Morgan fingerprint density at radius 3 is 2.37 bits per heavy atom. The lowest BCUT2D eigenvalue weighted by Crippen LogP contribution is -2.49. The molecule has 266 valence electrons. The zero-order valence-corrected chi connectivity index (χ0v) is 30.9. The van der Waals surface area contributed by atoms with Gasteiger partial charge in [0.05, 0.1) is 5.56 Å². The number of ether oxygens (including phenoxy) is 3. The molecule has 3 aliphatic rings. The molecular weight excluding hydrogens is 638 g/mol. The summed E-state index contributed by atoms with van der Waals surface area (Å²) in [5, 5.41) is 10.3. The van der Waals surface area contributed by atoms with Gasteiger partial charge in [-0.3, -0.25) is 4.79 Å². The van der Waals surface area contributed by atoms with Crippen LogP contribution < -0.4 is 14.4 Å². The van der Waals surface area contributed by atoms with E-state index >= 15 is 0 Å². The van der Waals surface area contributed by atoms with Crippen LogP contribution in [0.2, 0.25) is 0 Å². The number of carbonyl (C=O) groups excluding carboxylic acids is 2. The summed E-state index contributed by atoms with van der Waals surface area (Å²) in [7, 11) is 0. The van der Waals surface area contributed by atoms with Crippen molar-refractivity contribution in [1.29, 1.82) is 0 Å². The van der Waals surface area contributed by atoms with Gasteiger partial charge >= 0.3 is 5.97 Å². The van der Waals surface area contributed by atoms with Crippen molar-refractivity contribution in [2.45, 2.75) is 104 Å². The first-order valence-electron chi connectivity index (χ1n) is 18.4. The molecule has 2 atom stereocenters. The van der Waals surface area contributed by atoms with Crippen LogP contribution in [0.1, 0.15) is 123 Å². The van der Waals surface area contributed by atoms with Crippen LogP contribution in [0.5, 0.6) is 28.7 Å². The Kier molecular flexibility index (Phi) is 8.89. The van der Waals surface area contributed by atoms with E-state index in [4.69, 9.17) is 14.2 Å². The molecule has 7 heteroatoms. The summed E-state index contributed by atoms with van der Waals surface area (Å²) in [5.41, 5.74) is 5.24.